The van der Waals surface area contributed by atoms with E-state index < -0.39 is 5.41 Å². The molecule has 4 heteroatoms. The van der Waals surface area contributed by atoms with E-state index in [-0.39, 0.29) is 0 Å². The molecular formula is C68H42N4. The van der Waals surface area contributed by atoms with Gasteiger partial charge in [0.05, 0.1) is 22.1 Å². The van der Waals surface area contributed by atoms with Crippen LogP contribution >= 0.6 is 0 Å². The molecule has 2 aromatic heterocycles. The molecule has 0 saturated heterocycles. The fourth-order valence-corrected chi connectivity index (χ4v) is 12.2. The van der Waals surface area contributed by atoms with Gasteiger partial charge >= 0.3 is 0 Å². The molecule has 0 bridgehead atoms. The molecule has 0 saturated carbocycles. The van der Waals surface area contributed by atoms with E-state index in [1.807, 2.05) is 6.07 Å². The molecule has 0 N–H and O–H groups in total. The predicted octanol–water partition coefficient (Wildman–Crippen LogP) is 16.8. The highest BCUT2D eigenvalue weighted by Crippen LogP contribution is 2.58. The highest BCUT2D eigenvalue weighted by Gasteiger charge is 2.47. The zero-order chi connectivity index (χ0) is 47.3. The molecule has 2 aliphatic carbocycles. The van der Waals surface area contributed by atoms with Gasteiger partial charge in [-0.05, 0) is 108 Å². The molecule has 0 spiro atoms. The van der Waals surface area contributed by atoms with Gasteiger partial charge < -0.3 is 4.57 Å². The van der Waals surface area contributed by atoms with Crippen LogP contribution in [0.2, 0.25) is 0 Å². The molecule has 0 fully saturated rings. The Hall–Kier alpha value is -9.51. The van der Waals surface area contributed by atoms with Crippen LogP contribution < -0.4 is 0 Å². The van der Waals surface area contributed by atoms with Crippen LogP contribution in [0.3, 0.4) is 0 Å². The molecule has 2 aliphatic rings. The van der Waals surface area contributed by atoms with Crippen molar-refractivity contribution in [2.24, 2.45) is 0 Å². The molecule has 4 nitrogen and oxygen atoms in total. The molecule has 0 aliphatic heterocycles. The number of rotatable bonds is 7. The topological polar surface area (TPSA) is 43.6 Å². The second kappa shape index (κ2) is 15.8. The summed E-state index contributed by atoms with van der Waals surface area (Å²) in [6.07, 6.45) is 0. The summed E-state index contributed by atoms with van der Waals surface area (Å²) in [5.74, 6) is 1.82. The Balaban J connectivity index is 1.11. The molecule has 334 valence electrons. The standard InChI is InChI=1S/C68H42N4/c1-5-20-43(21-6-1)46-25-17-26-47(40-46)66-69-65(45-22-7-2-8-23-45)70-67(71-66)56-41-55-52-33-15-16-36-57(52)68(48-27-9-3-10-28-48,49-29-11-4-12-30-49)58(55)42-61(56)72-59-37-19-35-54-51-32-14-13-31-50(51)53-34-18-24-44-38-39-60(72)64(62(44)53)63(54)59/h1-42H. The predicted molar refractivity (Wildman–Crippen MR) is 295 cm³/mol. The lowest BCUT2D eigenvalue weighted by Crippen LogP contribution is -2.28. The van der Waals surface area contributed by atoms with Gasteiger partial charge in [-0.2, -0.15) is 0 Å². The number of aromatic nitrogens is 4. The summed E-state index contributed by atoms with van der Waals surface area (Å²) in [6.45, 7) is 0. The largest absolute Gasteiger partial charge is 0.308 e. The summed E-state index contributed by atoms with van der Waals surface area (Å²) < 4.78 is 2.51. The van der Waals surface area contributed by atoms with Gasteiger partial charge in [0.1, 0.15) is 0 Å². The van der Waals surface area contributed by atoms with Crippen molar-refractivity contribution < 1.29 is 0 Å². The van der Waals surface area contributed by atoms with E-state index in [9.17, 15) is 0 Å². The maximum absolute atomic E-state index is 5.59. The van der Waals surface area contributed by atoms with Gasteiger partial charge in [0.25, 0.3) is 0 Å². The fourth-order valence-electron chi connectivity index (χ4n) is 12.2. The van der Waals surface area contributed by atoms with Crippen LogP contribution in [0, 0.1) is 0 Å². The zero-order valence-electron chi connectivity index (χ0n) is 39.0. The maximum Gasteiger partial charge on any atom is 0.166 e. The molecule has 0 amide bonds. The minimum absolute atomic E-state index is 0.598. The lowest BCUT2D eigenvalue weighted by molar-refractivity contribution is 0.767. The van der Waals surface area contributed by atoms with E-state index in [1.54, 1.807) is 0 Å². The van der Waals surface area contributed by atoms with Crippen molar-refractivity contribution in [3.8, 4) is 84.4 Å². The Morgan fingerprint density at radius 1 is 0.278 bits per heavy atom. The SMILES string of the molecule is c1ccc(-c2cccc(-c3nc(-c4ccccc4)nc(-c4cc5c(cc4-n4c6cccc7c6c6c8c(cccc8ccc64)-c4ccccc4-7)C(c4ccccc4)(c4ccccc4)c4ccccc4-5)n3)c2)cc1. The van der Waals surface area contributed by atoms with Gasteiger partial charge in [-0.15, -0.1) is 0 Å². The first-order valence-corrected chi connectivity index (χ1v) is 24.7. The molecule has 15 rings (SSSR count). The van der Waals surface area contributed by atoms with Crippen LogP contribution in [0.4, 0.5) is 0 Å². The molecular weight excluding hydrogens is 873 g/mol. The normalized spacial score (nSPS) is 12.8. The first-order chi connectivity index (χ1) is 35.7. The van der Waals surface area contributed by atoms with Crippen LogP contribution in [0.1, 0.15) is 22.3 Å². The minimum atomic E-state index is -0.646. The minimum Gasteiger partial charge on any atom is -0.308 e. The van der Waals surface area contributed by atoms with Crippen LogP contribution in [0.25, 0.3) is 117 Å². The third-order valence-electron chi connectivity index (χ3n) is 15.3. The van der Waals surface area contributed by atoms with Crippen LogP contribution in [-0.2, 0) is 5.41 Å². The van der Waals surface area contributed by atoms with Gasteiger partial charge in [-0.25, -0.2) is 15.0 Å². The van der Waals surface area contributed by atoms with Crippen LogP contribution in [-0.4, -0.2) is 19.5 Å². The van der Waals surface area contributed by atoms with Crippen molar-refractivity contribution in [2.45, 2.75) is 5.41 Å². The highest BCUT2D eigenvalue weighted by atomic mass is 15.1. The third kappa shape index (κ3) is 5.84. The molecule has 72 heavy (non-hydrogen) atoms. The molecule has 0 atom stereocenters. The van der Waals surface area contributed by atoms with Gasteiger partial charge in [0.2, 0.25) is 0 Å². The number of benzene rings is 11. The summed E-state index contributed by atoms with van der Waals surface area (Å²) in [6, 6.07) is 92.5. The number of fused-ring (bicyclic) bond motifs is 6. The van der Waals surface area contributed by atoms with E-state index >= 15 is 0 Å². The fraction of sp³-hybridized carbons (Fsp3) is 0.0147. The zero-order valence-corrected chi connectivity index (χ0v) is 39.0. The lowest BCUT2D eigenvalue weighted by atomic mass is 9.67. The Kier molecular flexibility index (Phi) is 8.84. The van der Waals surface area contributed by atoms with E-state index in [1.165, 1.54) is 71.6 Å². The van der Waals surface area contributed by atoms with E-state index in [4.69, 9.17) is 15.0 Å². The van der Waals surface area contributed by atoms with Crippen molar-refractivity contribution in [2.75, 3.05) is 0 Å². The van der Waals surface area contributed by atoms with E-state index in [0.29, 0.717) is 17.5 Å². The van der Waals surface area contributed by atoms with Gasteiger partial charge in [0, 0.05) is 27.5 Å². The summed E-state index contributed by atoms with van der Waals surface area (Å²) >= 11 is 0. The van der Waals surface area contributed by atoms with Crippen LogP contribution in [0.5, 0.6) is 0 Å². The third-order valence-corrected chi connectivity index (χ3v) is 15.3. The Morgan fingerprint density at radius 2 is 0.792 bits per heavy atom. The summed E-state index contributed by atoms with van der Waals surface area (Å²) in [7, 11) is 0. The van der Waals surface area contributed by atoms with Gasteiger partial charge in [-0.1, -0.05) is 224 Å². The van der Waals surface area contributed by atoms with Crippen molar-refractivity contribution in [3.63, 3.8) is 0 Å². The van der Waals surface area contributed by atoms with Crippen LogP contribution in [0.15, 0.2) is 255 Å². The molecule has 0 radical (unpaired) electrons. The lowest BCUT2D eigenvalue weighted by Gasteiger charge is -2.34. The average molecular weight is 915 g/mol. The summed E-state index contributed by atoms with van der Waals surface area (Å²) in [5.41, 5.74) is 19.7. The Labute approximate surface area is 416 Å². The monoisotopic (exact) mass is 914 g/mol. The first kappa shape index (κ1) is 40.4. The molecule has 13 aromatic rings. The molecule has 11 aromatic carbocycles. The summed E-state index contributed by atoms with van der Waals surface area (Å²) in [4.78, 5) is 16.4. The smallest absolute Gasteiger partial charge is 0.166 e. The van der Waals surface area contributed by atoms with Crippen molar-refractivity contribution in [1.29, 1.82) is 0 Å². The average Bonchev–Trinajstić information content (AvgIpc) is 3.92. The highest BCUT2D eigenvalue weighted by molar-refractivity contribution is 6.30. The maximum atomic E-state index is 5.59. The van der Waals surface area contributed by atoms with Crippen molar-refractivity contribution >= 4 is 32.6 Å². The quantitative estimate of drug-likeness (QED) is 0.160. The molecule has 0 unspecified atom stereocenters. The van der Waals surface area contributed by atoms with Gasteiger partial charge in [-0.3, -0.25) is 0 Å². The second-order valence-electron chi connectivity index (χ2n) is 19.0. The number of hydrogen-bond acceptors (Lipinski definition) is 3. The molecule has 2 heterocycles. The number of nitrogens with zero attached hydrogens (tertiary/aromatic N) is 4. The first-order valence-electron chi connectivity index (χ1n) is 24.7. The van der Waals surface area contributed by atoms with Gasteiger partial charge in [0.15, 0.2) is 17.5 Å². The van der Waals surface area contributed by atoms with Crippen molar-refractivity contribution in [1.82, 2.24) is 19.5 Å². The summed E-state index contributed by atoms with van der Waals surface area (Å²) in [5, 5.41) is 4.97. The van der Waals surface area contributed by atoms with E-state index in [0.717, 1.165) is 50.1 Å². The Morgan fingerprint density at radius 3 is 1.50 bits per heavy atom. The number of hydrogen-bond donors (Lipinski definition) is 0. The second-order valence-corrected chi connectivity index (χ2v) is 19.0. The van der Waals surface area contributed by atoms with E-state index in [2.05, 4.69) is 253 Å². The van der Waals surface area contributed by atoms with Crippen molar-refractivity contribution in [3.05, 3.63) is 277 Å². The Bertz CT molecular complexity index is 4270.